The summed E-state index contributed by atoms with van der Waals surface area (Å²) in [7, 11) is 0. The molecular weight excluding hydrogens is 400 g/mol. The maximum absolute atomic E-state index is 12.7. The third kappa shape index (κ3) is 4.31. The van der Waals surface area contributed by atoms with Crippen molar-refractivity contribution in [1.29, 1.82) is 5.26 Å². The zero-order chi connectivity index (χ0) is 20.9. The van der Waals surface area contributed by atoms with E-state index >= 15 is 0 Å². The van der Waals surface area contributed by atoms with E-state index in [-0.39, 0.29) is 18.2 Å². The van der Waals surface area contributed by atoms with Gasteiger partial charge in [0.05, 0.1) is 24.8 Å². The second-order valence-electron chi connectivity index (χ2n) is 6.72. The first-order valence-corrected chi connectivity index (χ1v) is 10.2. The Hall–Kier alpha value is -3.70. The second-order valence-corrected chi connectivity index (χ2v) is 7.83. The minimum atomic E-state index is -0.343. The van der Waals surface area contributed by atoms with Crippen LogP contribution in [0.25, 0.3) is 6.08 Å². The van der Waals surface area contributed by atoms with Crippen molar-refractivity contribution in [3.8, 4) is 6.07 Å². The first kappa shape index (κ1) is 19.6. The van der Waals surface area contributed by atoms with E-state index in [0.29, 0.717) is 35.8 Å². The molecular formula is C22H18N4O3S. The summed E-state index contributed by atoms with van der Waals surface area (Å²) in [6, 6.07) is 11.2. The van der Waals surface area contributed by atoms with Gasteiger partial charge in [-0.2, -0.15) is 5.26 Å². The van der Waals surface area contributed by atoms with Gasteiger partial charge in [-0.05, 0) is 42.3 Å². The van der Waals surface area contributed by atoms with Crippen LogP contribution in [0.15, 0.2) is 53.3 Å². The third-order valence-corrected chi connectivity index (χ3v) is 5.89. The normalized spacial score (nSPS) is 13.1. The van der Waals surface area contributed by atoms with Crippen LogP contribution in [0.1, 0.15) is 27.5 Å². The lowest BCUT2D eigenvalue weighted by molar-refractivity contribution is -0.131. The standard InChI is InChI=1S/C22H18N4O3S/c23-13-18-17-8-10-26(21(28)12-15-4-1-2-9-24-15)14-19(17)30-22(18)25-20(27)7-6-16-5-3-11-29-16/h1-7,9,11H,8,10,12,14H2,(H,25,27)/b7-6+. The smallest absolute Gasteiger partial charge is 0.249 e. The molecule has 0 aromatic carbocycles. The number of nitrogens with zero attached hydrogens (tertiary/aromatic N) is 3. The molecule has 0 saturated heterocycles. The van der Waals surface area contributed by atoms with Crippen LogP contribution in [0.5, 0.6) is 0 Å². The van der Waals surface area contributed by atoms with Crippen LogP contribution in [0.4, 0.5) is 5.00 Å². The SMILES string of the molecule is N#Cc1c(NC(=O)/C=C/c2ccco2)sc2c1CCN(C(=O)Cc1ccccn1)C2. The van der Waals surface area contributed by atoms with Gasteiger partial charge in [-0.15, -0.1) is 11.3 Å². The van der Waals surface area contributed by atoms with Gasteiger partial charge in [0.2, 0.25) is 11.8 Å². The number of carbonyl (C=O) groups is 2. The number of nitriles is 1. The van der Waals surface area contributed by atoms with E-state index in [2.05, 4.69) is 16.4 Å². The Balaban J connectivity index is 1.46. The van der Waals surface area contributed by atoms with Crippen molar-refractivity contribution in [2.75, 3.05) is 11.9 Å². The Bertz CT molecular complexity index is 1130. The van der Waals surface area contributed by atoms with Gasteiger partial charge in [-0.1, -0.05) is 6.07 Å². The van der Waals surface area contributed by atoms with Crippen LogP contribution in [0.2, 0.25) is 0 Å². The molecule has 3 aromatic rings. The summed E-state index contributed by atoms with van der Waals surface area (Å²) in [4.78, 5) is 31.8. The quantitative estimate of drug-likeness (QED) is 0.641. The number of thiophene rings is 1. The molecule has 0 radical (unpaired) electrons. The van der Waals surface area contributed by atoms with Crippen molar-refractivity contribution in [1.82, 2.24) is 9.88 Å². The number of aromatic nitrogens is 1. The highest BCUT2D eigenvalue weighted by Gasteiger charge is 2.27. The Kier molecular flexibility index (Phi) is 5.72. The molecule has 2 amide bonds. The van der Waals surface area contributed by atoms with Gasteiger partial charge in [0.15, 0.2) is 0 Å². The number of hydrogen-bond acceptors (Lipinski definition) is 6. The fourth-order valence-electron chi connectivity index (χ4n) is 3.29. The molecule has 1 aliphatic heterocycles. The minimum absolute atomic E-state index is 0.00164. The number of hydrogen-bond donors (Lipinski definition) is 1. The van der Waals surface area contributed by atoms with E-state index in [1.54, 1.807) is 29.3 Å². The Morgan fingerprint density at radius 2 is 2.23 bits per heavy atom. The molecule has 7 nitrogen and oxygen atoms in total. The number of fused-ring (bicyclic) bond motifs is 1. The number of rotatable bonds is 5. The van der Waals surface area contributed by atoms with Gasteiger partial charge in [0.25, 0.3) is 0 Å². The first-order valence-electron chi connectivity index (χ1n) is 9.39. The van der Waals surface area contributed by atoms with E-state index in [1.807, 2.05) is 18.2 Å². The summed E-state index contributed by atoms with van der Waals surface area (Å²) in [5.41, 5.74) is 2.12. The molecule has 150 valence electrons. The monoisotopic (exact) mass is 418 g/mol. The zero-order valence-electron chi connectivity index (χ0n) is 16.0. The molecule has 3 aromatic heterocycles. The van der Waals surface area contributed by atoms with Gasteiger partial charge in [-0.3, -0.25) is 14.6 Å². The van der Waals surface area contributed by atoms with E-state index in [9.17, 15) is 14.9 Å². The summed E-state index contributed by atoms with van der Waals surface area (Å²) < 4.78 is 5.16. The molecule has 4 rings (SSSR count). The number of furan rings is 1. The molecule has 0 saturated carbocycles. The summed E-state index contributed by atoms with van der Waals surface area (Å²) in [6.45, 7) is 0.967. The lowest BCUT2D eigenvalue weighted by atomic mass is 10.0. The maximum Gasteiger partial charge on any atom is 0.249 e. The van der Waals surface area contributed by atoms with Gasteiger partial charge in [0.1, 0.15) is 16.8 Å². The van der Waals surface area contributed by atoms with Crippen LogP contribution >= 0.6 is 11.3 Å². The van der Waals surface area contributed by atoms with Crippen LogP contribution in [0.3, 0.4) is 0 Å². The first-order chi connectivity index (χ1) is 14.6. The summed E-state index contributed by atoms with van der Waals surface area (Å²) in [5.74, 6) is 0.223. The van der Waals surface area contributed by atoms with Crippen molar-refractivity contribution in [2.24, 2.45) is 0 Å². The van der Waals surface area contributed by atoms with E-state index in [1.165, 1.54) is 23.7 Å². The molecule has 30 heavy (non-hydrogen) atoms. The van der Waals surface area contributed by atoms with Gasteiger partial charge in [-0.25, -0.2) is 0 Å². The number of anilines is 1. The summed E-state index contributed by atoms with van der Waals surface area (Å²) >= 11 is 1.34. The number of pyridine rings is 1. The number of carbonyl (C=O) groups excluding carboxylic acids is 2. The van der Waals surface area contributed by atoms with E-state index in [4.69, 9.17) is 4.42 Å². The molecule has 8 heteroatoms. The van der Waals surface area contributed by atoms with Crippen LogP contribution in [-0.4, -0.2) is 28.2 Å². The molecule has 0 atom stereocenters. The highest BCUT2D eigenvalue weighted by Crippen LogP contribution is 2.36. The molecule has 0 bridgehead atoms. The van der Waals surface area contributed by atoms with Gasteiger partial charge < -0.3 is 14.6 Å². The van der Waals surface area contributed by atoms with Crippen molar-refractivity contribution in [3.63, 3.8) is 0 Å². The van der Waals surface area contributed by atoms with Gasteiger partial charge >= 0.3 is 0 Å². The predicted octanol–water partition coefficient (Wildman–Crippen LogP) is 3.39. The fourth-order valence-corrected chi connectivity index (χ4v) is 4.51. The molecule has 4 heterocycles. The van der Waals surface area contributed by atoms with Crippen molar-refractivity contribution in [3.05, 3.63) is 76.3 Å². The minimum Gasteiger partial charge on any atom is -0.465 e. The number of nitrogens with one attached hydrogen (secondary N) is 1. The fraction of sp³-hybridized carbons (Fsp3) is 0.182. The molecule has 1 aliphatic rings. The molecule has 0 fully saturated rings. The molecule has 0 aliphatic carbocycles. The molecule has 0 unspecified atom stereocenters. The second kappa shape index (κ2) is 8.76. The predicted molar refractivity (Wildman–Crippen MR) is 112 cm³/mol. The zero-order valence-corrected chi connectivity index (χ0v) is 16.8. The lowest BCUT2D eigenvalue weighted by Crippen LogP contribution is -2.36. The van der Waals surface area contributed by atoms with Crippen LogP contribution in [0, 0.1) is 11.3 Å². The average Bonchev–Trinajstić information content (AvgIpc) is 3.39. The Labute approximate surface area is 177 Å². The molecule has 1 N–H and O–H groups in total. The van der Waals surface area contributed by atoms with Crippen molar-refractivity contribution in [2.45, 2.75) is 19.4 Å². The van der Waals surface area contributed by atoms with Gasteiger partial charge in [0, 0.05) is 29.4 Å². The summed E-state index contributed by atoms with van der Waals surface area (Å²) in [6.07, 6.45) is 6.95. The third-order valence-electron chi connectivity index (χ3n) is 4.76. The lowest BCUT2D eigenvalue weighted by Gasteiger charge is -2.27. The highest BCUT2D eigenvalue weighted by molar-refractivity contribution is 7.16. The summed E-state index contributed by atoms with van der Waals surface area (Å²) in [5, 5.41) is 12.9. The van der Waals surface area contributed by atoms with Crippen molar-refractivity contribution >= 4 is 34.2 Å². The van der Waals surface area contributed by atoms with Crippen LogP contribution < -0.4 is 5.32 Å². The average molecular weight is 418 g/mol. The van der Waals surface area contributed by atoms with Crippen LogP contribution in [-0.2, 0) is 29.0 Å². The van der Waals surface area contributed by atoms with E-state index in [0.717, 1.165) is 16.1 Å². The topological polar surface area (TPSA) is 99.2 Å². The Morgan fingerprint density at radius 3 is 2.97 bits per heavy atom. The largest absolute Gasteiger partial charge is 0.465 e. The molecule has 0 spiro atoms. The number of amides is 2. The highest BCUT2D eigenvalue weighted by atomic mass is 32.1. The van der Waals surface area contributed by atoms with Crippen molar-refractivity contribution < 1.29 is 14.0 Å². The maximum atomic E-state index is 12.7. The van der Waals surface area contributed by atoms with E-state index < -0.39 is 0 Å². The Morgan fingerprint density at radius 1 is 1.33 bits per heavy atom.